The number of benzene rings is 1. The second-order valence-electron chi connectivity index (χ2n) is 5.50. The molecular weight excluding hydrogens is 222 g/mol. The lowest BCUT2D eigenvalue weighted by atomic mass is 9.81. The van der Waals surface area contributed by atoms with E-state index in [2.05, 4.69) is 12.4 Å². The van der Waals surface area contributed by atoms with Gasteiger partial charge in [-0.15, -0.1) is 0 Å². The topological polar surface area (TPSA) is 21.3 Å². The van der Waals surface area contributed by atoms with Crippen LogP contribution in [0.25, 0.3) is 0 Å². The Balaban J connectivity index is 1.71. The molecule has 2 nitrogen and oxygen atoms in total. The van der Waals surface area contributed by atoms with Gasteiger partial charge in [0, 0.05) is 6.54 Å². The van der Waals surface area contributed by atoms with Crippen molar-refractivity contribution < 1.29 is 4.74 Å². The zero-order chi connectivity index (χ0) is 12.7. The summed E-state index contributed by atoms with van der Waals surface area (Å²) in [5.74, 6) is 0.992. The van der Waals surface area contributed by atoms with Gasteiger partial charge in [-0.25, -0.2) is 0 Å². The maximum Gasteiger partial charge on any atom is 0.119 e. The largest absolute Gasteiger partial charge is 0.494 e. The maximum atomic E-state index is 5.77. The Bertz CT molecular complexity index is 330. The van der Waals surface area contributed by atoms with E-state index in [-0.39, 0.29) is 0 Å². The van der Waals surface area contributed by atoms with Gasteiger partial charge in [-0.05, 0) is 50.3 Å². The van der Waals surface area contributed by atoms with E-state index in [0.717, 1.165) is 18.8 Å². The molecule has 1 fully saturated rings. The van der Waals surface area contributed by atoms with Crippen LogP contribution < -0.4 is 10.1 Å². The molecule has 0 radical (unpaired) electrons. The van der Waals surface area contributed by atoms with Crippen LogP contribution in [0.2, 0.25) is 0 Å². The molecule has 2 rings (SSSR count). The molecule has 1 saturated carbocycles. The van der Waals surface area contributed by atoms with E-state index in [9.17, 15) is 0 Å². The van der Waals surface area contributed by atoms with Gasteiger partial charge in [0.2, 0.25) is 0 Å². The summed E-state index contributed by atoms with van der Waals surface area (Å²) in [6.45, 7) is 2.01. The van der Waals surface area contributed by atoms with Crippen molar-refractivity contribution in [2.45, 2.75) is 38.5 Å². The summed E-state index contributed by atoms with van der Waals surface area (Å²) >= 11 is 0. The Kier molecular flexibility index (Phi) is 5.06. The molecule has 0 bridgehead atoms. The van der Waals surface area contributed by atoms with Crippen LogP contribution in [0.1, 0.15) is 38.5 Å². The molecule has 0 unspecified atom stereocenters. The van der Waals surface area contributed by atoms with Crippen LogP contribution in [-0.2, 0) is 0 Å². The summed E-state index contributed by atoms with van der Waals surface area (Å²) < 4.78 is 5.77. The number of hydrogen-bond acceptors (Lipinski definition) is 2. The molecule has 0 atom stereocenters. The third kappa shape index (κ3) is 3.74. The van der Waals surface area contributed by atoms with E-state index in [1.807, 2.05) is 30.3 Å². The smallest absolute Gasteiger partial charge is 0.119 e. The second-order valence-corrected chi connectivity index (χ2v) is 5.50. The van der Waals surface area contributed by atoms with Crippen LogP contribution in [-0.4, -0.2) is 20.2 Å². The Hall–Kier alpha value is -1.02. The van der Waals surface area contributed by atoms with Crippen LogP contribution in [0, 0.1) is 5.41 Å². The zero-order valence-corrected chi connectivity index (χ0v) is 11.5. The van der Waals surface area contributed by atoms with Crippen molar-refractivity contribution in [2.24, 2.45) is 5.41 Å². The molecule has 0 saturated heterocycles. The van der Waals surface area contributed by atoms with Crippen molar-refractivity contribution in [1.29, 1.82) is 0 Å². The number of rotatable bonds is 7. The molecule has 0 spiro atoms. The van der Waals surface area contributed by atoms with Gasteiger partial charge in [0.05, 0.1) is 6.61 Å². The summed E-state index contributed by atoms with van der Waals surface area (Å²) in [5, 5.41) is 3.37. The van der Waals surface area contributed by atoms with Crippen LogP contribution >= 0.6 is 0 Å². The highest BCUT2D eigenvalue weighted by molar-refractivity contribution is 5.20. The van der Waals surface area contributed by atoms with Crippen molar-refractivity contribution in [3.05, 3.63) is 30.3 Å². The van der Waals surface area contributed by atoms with Gasteiger partial charge in [0.15, 0.2) is 0 Å². The van der Waals surface area contributed by atoms with E-state index in [0.29, 0.717) is 5.41 Å². The van der Waals surface area contributed by atoms with E-state index < -0.39 is 0 Å². The fourth-order valence-corrected chi connectivity index (χ4v) is 3.17. The summed E-state index contributed by atoms with van der Waals surface area (Å²) in [5.41, 5.74) is 0.550. The van der Waals surface area contributed by atoms with Gasteiger partial charge in [-0.2, -0.15) is 0 Å². The van der Waals surface area contributed by atoms with E-state index in [1.165, 1.54) is 38.6 Å². The van der Waals surface area contributed by atoms with E-state index in [1.54, 1.807) is 0 Å². The second kappa shape index (κ2) is 6.79. The Morgan fingerprint density at radius 2 is 1.89 bits per heavy atom. The van der Waals surface area contributed by atoms with Crippen molar-refractivity contribution in [1.82, 2.24) is 5.32 Å². The standard InChI is InChI=1S/C16H25NO/c1-17-14-16(10-5-6-11-16)12-7-13-18-15-8-3-2-4-9-15/h2-4,8-9,17H,5-7,10-14H2,1H3. The fraction of sp³-hybridized carbons (Fsp3) is 0.625. The van der Waals surface area contributed by atoms with Crippen molar-refractivity contribution in [2.75, 3.05) is 20.2 Å². The minimum absolute atomic E-state index is 0.550. The number of nitrogens with one attached hydrogen (secondary N) is 1. The number of ether oxygens (including phenoxy) is 1. The molecule has 1 aliphatic carbocycles. The SMILES string of the molecule is CNCC1(CCCOc2ccccc2)CCCC1. The predicted molar refractivity (Wildman–Crippen MR) is 76.0 cm³/mol. The molecule has 1 aromatic carbocycles. The first-order chi connectivity index (χ1) is 8.85. The quantitative estimate of drug-likeness (QED) is 0.743. The highest BCUT2D eigenvalue weighted by atomic mass is 16.5. The normalized spacial score (nSPS) is 17.8. The molecule has 0 aliphatic heterocycles. The van der Waals surface area contributed by atoms with Crippen LogP contribution in [0.4, 0.5) is 0 Å². The highest BCUT2D eigenvalue weighted by Gasteiger charge is 2.32. The highest BCUT2D eigenvalue weighted by Crippen LogP contribution is 2.41. The molecule has 18 heavy (non-hydrogen) atoms. The average Bonchev–Trinajstić information content (AvgIpc) is 2.86. The molecule has 2 heteroatoms. The van der Waals surface area contributed by atoms with Gasteiger partial charge in [-0.3, -0.25) is 0 Å². The predicted octanol–water partition coefficient (Wildman–Crippen LogP) is 3.63. The van der Waals surface area contributed by atoms with Gasteiger partial charge in [-0.1, -0.05) is 31.0 Å². The molecule has 100 valence electrons. The molecule has 0 heterocycles. The summed E-state index contributed by atoms with van der Waals surface area (Å²) in [6.07, 6.45) is 8.04. The van der Waals surface area contributed by atoms with Crippen molar-refractivity contribution in [3.63, 3.8) is 0 Å². The average molecular weight is 247 g/mol. The van der Waals surface area contributed by atoms with Crippen molar-refractivity contribution >= 4 is 0 Å². The summed E-state index contributed by atoms with van der Waals surface area (Å²) in [6, 6.07) is 10.1. The third-order valence-corrected chi connectivity index (χ3v) is 4.08. The first-order valence-electron chi connectivity index (χ1n) is 7.17. The number of para-hydroxylation sites is 1. The lowest BCUT2D eigenvalue weighted by Gasteiger charge is -2.28. The van der Waals surface area contributed by atoms with E-state index >= 15 is 0 Å². The van der Waals surface area contributed by atoms with Gasteiger partial charge >= 0.3 is 0 Å². The van der Waals surface area contributed by atoms with Crippen LogP contribution in [0.15, 0.2) is 30.3 Å². The van der Waals surface area contributed by atoms with Crippen LogP contribution in [0.5, 0.6) is 5.75 Å². The lowest BCUT2D eigenvalue weighted by Crippen LogP contribution is -2.30. The van der Waals surface area contributed by atoms with Gasteiger partial charge in [0.25, 0.3) is 0 Å². The summed E-state index contributed by atoms with van der Waals surface area (Å²) in [7, 11) is 2.07. The third-order valence-electron chi connectivity index (χ3n) is 4.08. The molecule has 1 N–H and O–H groups in total. The molecule has 1 aliphatic rings. The van der Waals surface area contributed by atoms with Crippen molar-refractivity contribution in [3.8, 4) is 5.75 Å². The first-order valence-corrected chi connectivity index (χ1v) is 7.17. The Labute approximate surface area is 111 Å². The Morgan fingerprint density at radius 1 is 1.17 bits per heavy atom. The fourth-order valence-electron chi connectivity index (χ4n) is 3.17. The monoisotopic (exact) mass is 247 g/mol. The van der Waals surface area contributed by atoms with Crippen LogP contribution in [0.3, 0.4) is 0 Å². The Morgan fingerprint density at radius 3 is 2.56 bits per heavy atom. The first kappa shape index (κ1) is 13.4. The zero-order valence-electron chi connectivity index (χ0n) is 11.5. The molecule has 0 amide bonds. The number of hydrogen-bond donors (Lipinski definition) is 1. The van der Waals surface area contributed by atoms with Gasteiger partial charge in [0.1, 0.15) is 5.75 Å². The molecule has 1 aromatic rings. The summed E-state index contributed by atoms with van der Waals surface area (Å²) in [4.78, 5) is 0. The lowest BCUT2D eigenvalue weighted by molar-refractivity contribution is 0.222. The minimum Gasteiger partial charge on any atom is -0.494 e. The maximum absolute atomic E-state index is 5.77. The molecule has 0 aromatic heterocycles. The van der Waals surface area contributed by atoms with E-state index in [4.69, 9.17) is 4.74 Å². The minimum atomic E-state index is 0.550. The van der Waals surface area contributed by atoms with Gasteiger partial charge < -0.3 is 10.1 Å². The molecular formula is C16H25NO.